The average molecular weight is 325 g/mol. The molecule has 0 amide bonds. The van der Waals surface area contributed by atoms with Crippen molar-refractivity contribution in [1.29, 1.82) is 0 Å². The molecule has 1 unspecified atom stereocenters. The van der Waals surface area contributed by atoms with Crippen LogP contribution in [0.25, 0.3) is 0 Å². The van der Waals surface area contributed by atoms with E-state index in [1.54, 1.807) is 6.20 Å². The van der Waals surface area contributed by atoms with E-state index in [1.807, 2.05) is 31.2 Å². The van der Waals surface area contributed by atoms with Crippen LogP contribution in [0.5, 0.6) is 5.88 Å². The van der Waals surface area contributed by atoms with Crippen LogP contribution in [0.2, 0.25) is 0 Å². The number of ether oxygens (including phenoxy) is 2. The third-order valence-corrected chi connectivity index (χ3v) is 4.73. The van der Waals surface area contributed by atoms with Gasteiger partial charge in [0.25, 0.3) is 0 Å². The summed E-state index contributed by atoms with van der Waals surface area (Å²) in [7, 11) is 0. The van der Waals surface area contributed by atoms with Crippen LogP contribution in [0.4, 0.5) is 0 Å². The SMILES string of the molecule is Cc1cccc(CN2CC3(CC(Oc4ccccn4)CCO3)C2)n1. The minimum atomic E-state index is -0.0540. The van der Waals surface area contributed by atoms with Crippen molar-refractivity contribution in [2.75, 3.05) is 19.7 Å². The molecule has 5 nitrogen and oxygen atoms in total. The van der Waals surface area contributed by atoms with E-state index in [0.29, 0.717) is 5.88 Å². The zero-order valence-corrected chi connectivity index (χ0v) is 14.0. The van der Waals surface area contributed by atoms with Crippen molar-refractivity contribution in [3.8, 4) is 5.88 Å². The van der Waals surface area contributed by atoms with Crippen molar-refractivity contribution in [2.24, 2.45) is 0 Å². The van der Waals surface area contributed by atoms with Crippen LogP contribution in [-0.2, 0) is 11.3 Å². The topological polar surface area (TPSA) is 47.5 Å². The number of rotatable bonds is 4. The number of aromatic nitrogens is 2. The molecule has 2 aliphatic heterocycles. The summed E-state index contributed by atoms with van der Waals surface area (Å²) in [4.78, 5) is 11.2. The van der Waals surface area contributed by atoms with Gasteiger partial charge in [-0.2, -0.15) is 0 Å². The maximum absolute atomic E-state index is 6.10. The van der Waals surface area contributed by atoms with Gasteiger partial charge in [-0.05, 0) is 25.1 Å². The predicted octanol–water partition coefficient (Wildman–Crippen LogP) is 2.60. The Labute approximate surface area is 142 Å². The summed E-state index contributed by atoms with van der Waals surface area (Å²) in [6.07, 6.45) is 3.82. The molecule has 4 heterocycles. The lowest BCUT2D eigenvalue weighted by Gasteiger charge is -2.53. The third kappa shape index (κ3) is 3.42. The van der Waals surface area contributed by atoms with Crippen molar-refractivity contribution < 1.29 is 9.47 Å². The molecule has 0 radical (unpaired) electrons. The van der Waals surface area contributed by atoms with Gasteiger partial charge >= 0.3 is 0 Å². The van der Waals surface area contributed by atoms with E-state index in [1.165, 1.54) is 0 Å². The fourth-order valence-corrected chi connectivity index (χ4v) is 3.69. The number of hydrogen-bond donors (Lipinski definition) is 0. The summed E-state index contributed by atoms with van der Waals surface area (Å²) in [5, 5.41) is 0. The number of nitrogens with zero attached hydrogens (tertiary/aromatic N) is 3. The summed E-state index contributed by atoms with van der Waals surface area (Å²) < 4.78 is 12.1. The zero-order chi connectivity index (χ0) is 16.4. The highest BCUT2D eigenvalue weighted by molar-refractivity contribution is 5.13. The van der Waals surface area contributed by atoms with E-state index in [0.717, 1.165) is 50.5 Å². The smallest absolute Gasteiger partial charge is 0.213 e. The molecule has 24 heavy (non-hydrogen) atoms. The van der Waals surface area contributed by atoms with E-state index in [9.17, 15) is 0 Å². The first-order valence-corrected chi connectivity index (χ1v) is 8.57. The number of aryl methyl sites for hydroxylation is 1. The molecule has 0 aromatic carbocycles. The normalized spacial score (nSPS) is 23.0. The largest absolute Gasteiger partial charge is 0.474 e. The van der Waals surface area contributed by atoms with Crippen LogP contribution in [0.3, 0.4) is 0 Å². The van der Waals surface area contributed by atoms with Gasteiger partial charge in [0, 0.05) is 50.4 Å². The van der Waals surface area contributed by atoms with Gasteiger partial charge in [-0.1, -0.05) is 12.1 Å². The molecule has 0 saturated carbocycles. The Kier molecular flexibility index (Phi) is 4.21. The molecule has 0 aliphatic carbocycles. The molecule has 4 rings (SSSR count). The summed E-state index contributed by atoms with van der Waals surface area (Å²) in [5.41, 5.74) is 2.14. The third-order valence-electron chi connectivity index (χ3n) is 4.73. The average Bonchev–Trinajstić information content (AvgIpc) is 2.55. The van der Waals surface area contributed by atoms with Gasteiger partial charge in [-0.3, -0.25) is 9.88 Å². The molecule has 5 heteroatoms. The van der Waals surface area contributed by atoms with Gasteiger partial charge < -0.3 is 9.47 Å². The maximum atomic E-state index is 6.10. The standard InChI is InChI=1S/C19H23N3O2/c1-15-5-4-6-16(21-15)12-22-13-19(14-22)11-17(8-10-23-19)24-18-7-2-3-9-20-18/h2-7,9,17H,8,10-14H2,1H3. The van der Waals surface area contributed by atoms with Gasteiger partial charge in [-0.15, -0.1) is 0 Å². The highest BCUT2D eigenvalue weighted by Crippen LogP contribution is 2.36. The van der Waals surface area contributed by atoms with E-state index in [-0.39, 0.29) is 11.7 Å². The fourth-order valence-electron chi connectivity index (χ4n) is 3.69. The van der Waals surface area contributed by atoms with Crippen LogP contribution in [-0.4, -0.2) is 46.3 Å². The molecule has 2 aromatic heterocycles. The molecule has 0 N–H and O–H groups in total. The first kappa shape index (κ1) is 15.5. The molecule has 2 aliphatic rings. The quantitative estimate of drug-likeness (QED) is 0.865. The predicted molar refractivity (Wildman–Crippen MR) is 90.8 cm³/mol. The molecular weight excluding hydrogens is 302 g/mol. The Morgan fingerprint density at radius 3 is 2.96 bits per heavy atom. The van der Waals surface area contributed by atoms with Gasteiger partial charge in [0.05, 0.1) is 17.9 Å². The summed E-state index contributed by atoms with van der Waals surface area (Å²) in [6, 6.07) is 12.0. The van der Waals surface area contributed by atoms with Crippen molar-refractivity contribution in [2.45, 2.75) is 38.0 Å². The summed E-state index contributed by atoms with van der Waals surface area (Å²) in [5.74, 6) is 0.708. The first-order valence-electron chi connectivity index (χ1n) is 8.57. The van der Waals surface area contributed by atoms with E-state index in [4.69, 9.17) is 9.47 Å². The lowest BCUT2D eigenvalue weighted by Crippen LogP contribution is -2.65. The molecule has 2 saturated heterocycles. The van der Waals surface area contributed by atoms with Gasteiger partial charge in [0.2, 0.25) is 5.88 Å². The van der Waals surface area contributed by atoms with Gasteiger partial charge in [-0.25, -0.2) is 4.98 Å². The lowest BCUT2D eigenvalue weighted by atomic mass is 9.84. The highest BCUT2D eigenvalue weighted by Gasteiger charge is 2.48. The maximum Gasteiger partial charge on any atom is 0.213 e. The summed E-state index contributed by atoms with van der Waals surface area (Å²) in [6.45, 7) is 5.58. The van der Waals surface area contributed by atoms with Crippen LogP contribution in [0.15, 0.2) is 42.6 Å². The van der Waals surface area contributed by atoms with Crippen molar-refractivity contribution >= 4 is 0 Å². The monoisotopic (exact) mass is 325 g/mol. The Morgan fingerprint density at radius 2 is 2.17 bits per heavy atom. The Balaban J connectivity index is 1.32. The Hall–Kier alpha value is -1.98. The van der Waals surface area contributed by atoms with E-state index >= 15 is 0 Å². The van der Waals surface area contributed by atoms with Crippen molar-refractivity contribution in [3.63, 3.8) is 0 Å². The fraction of sp³-hybridized carbons (Fsp3) is 0.474. The molecule has 1 atom stereocenters. The Bertz CT molecular complexity index is 686. The van der Waals surface area contributed by atoms with Crippen molar-refractivity contribution in [3.05, 3.63) is 54.0 Å². The van der Waals surface area contributed by atoms with Crippen LogP contribution in [0, 0.1) is 6.92 Å². The minimum absolute atomic E-state index is 0.0540. The second-order valence-electron chi connectivity index (χ2n) is 6.85. The second-order valence-corrected chi connectivity index (χ2v) is 6.85. The number of hydrogen-bond acceptors (Lipinski definition) is 5. The molecule has 1 spiro atoms. The number of likely N-dealkylation sites (tertiary alicyclic amines) is 1. The van der Waals surface area contributed by atoms with Gasteiger partial charge in [0.15, 0.2) is 0 Å². The molecule has 0 bridgehead atoms. The van der Waals surface area contributed by atoms with Crippen LogP contribution in [0.1, 0.15) is 24.2 Å². The number of pyridine rings is 2. The Morgan fingerprint density at radius 1 is 1.25 bits per heavy atom. The van der Waals surface area contributed by atoms with E-state index in [2.05, 4.69) is 27.0 Å². The molecule has 2 aromatic rings. The van der Waals surface area contributed by atoms with Crippen molar-refractivity contribution in [1.82, 2.24) is 14.9 Å². The lowest BCUT2D eigenvalue weighted by molar-refractivity contribution is -0.188. The summed E-state index contributed by atoms with van der Waals surface area (Å²) >= 11 is 0. The zero-order valence-electron chi connectivity index (χ0n) is 14.0. The van der Waals surface area contributed by atoms with Gasteiger partial charge in [0.1, 0.15) is 6.10 Å². The molecular formula is C19H23N3O2. The first-order chi connectivity index (χ1) is 11.7. The van der Waals surface area contributed by atoms with Crippen LogP contribution >= 0.6 is 0 Å². The highest BCUT2D eigenvalue weighted by atomic mass is 16.5. The second kappa shape index (κ2) is 6.49. The van der Waals surface area contributed by atoms with Crippen LogP contribution < -0.4 is 4.74 Å². The molecule has 126 valence electrons. The van der Waals surface area contributed by atoms with E-state index < -0.39 is 0 Å². The minimum Gasteiger partial charge on any atom is -0.474 e. The molecule has 2 fully saturated rings.